The Kier molecular flexibility index (Phi) is 2.51. The van der Waals surface area contributed by atoms with Crippen molar-refractivity contribution in [1.29, 1.82) is 0 Å². The lowest BCUT2D eigenvalue weighted by molar-refractivity contribution is 0.427. The van der Waals surface area contributed by atoms with Crippen LogP contribution in [0.4, 0.5) is 5.88 Å². The molecule has 2 aromatic heterocycles. The molecule has 0 saturated carbocycles. The number of halogens is 1. The third-order valence-electron chi connectivity index (χ3n) is 2.98. The van der Waals surface area contributed by atoms with Gasteiger partial charge in [-0.15, -0.1) is 10.2 Å². The molecule has 6 nitrogen and oxygen atoms in total. The summed E-state index contributed by atoms with van der Waals surface area (Å²) in [4.78, 5) is 0.859. The number of hydrogen-bond acceptors (Lipinski definition) is 6. The standard InChI is InChI=1S/C12H8ClN5OS/c1-6-14-15-12-18(6)16-11-10(20-12)9(17-19-11)7-4-2-3-5-8(7)13/h2-5,16H,1H3. The first-order chi connectivity index (χ1) is 9.74. The van der Waals surface area contributed by atoms with Gasteiger partial charge in [-0.05, 0) is 24.8 Å². The van der Waals surface area contributed by atoms with E-state index in [1.165, 1.54) is 11.8 Å². The Hall–Kier alpha value is -1.99. The Morgan fingerprint density at radius 2 is 2.15 bits per heavy atom. The third-order valence-corrected chi connectivity index (χ3v) is 4.34. The molecule has 0 atom stereocenters. The van der Waals surface area contributed by atoms with Crippen LogP contribution in [-0.4, -0.2) is 20.0 Å². The minimum atomic E-state index is 0.570. The predicted molar refractivity (Wildman–Crippen MR) is 74.9 cm³/mol. The average Bonchev–Trinajstić information content (AvgIpc) is 3.02. The van der Waals surface area contributed by atoms with Gasteiger partial charge >= 0.3 is 0 Å². The molecule has 0 saturated heterocycles. The first-order valence-electron chi connectivity index (χ1n) is 5.85. The van der Waals surface area contributed by atoms with Crippen LogP contribution in [0.25, 0.3) is 11.3 Å². The number of fused-ring (bicyclic) bond motifs is 2. The number of nitrogens with zero attached hydrogens (tertiary/aromatic N) is 4. The largest absolute Gasteiger partial charge is 0.335 e. The van der Waals surface area contributed by atoms with Gasteiger partial charge in [0.15, 0.2) is 0 Å². The fourth-order valence-corrected chi connectivity index (χ4v) is 3.18. The molecule has 1 aliphatic rings. The normalized spacial score (nSPS) is 12.7. The minimum absolute atomic E-state index is 0.570. The van der Waals surface area contributed by atoms with Gasteiger partial charge < -0.3 is 4.52 Å². The molecule has 0 unspecified atom stereocenters. The molecule has 0 fully saturated rings. The van der Waals surface area contributed by atoms with Crippen molar-refractivity contribution >= 4 is 29.2 Å². The molecule has 0 amide bonds. The molecule has 3 aromatic rings. The van der Waals surface area contributed by atoms with Crippen molar-refractivity contribution < 1.29 is 4.52 Å². The topological polar surface area (TPSA) is 68.8 Å². The maximum absolute atomic E-state index is 6.22. The molecule has 3 heterocycles. The van der Waals surface area contributed by atoms with Crippen molar-refractivity contribution in [3.8, 4) is 11.3 Å². The van der Waals surface area contributed by atoms with E-state index in [1.54, 1.807) is 4.68 Å². The molecule has 0 aliphatic carbocycles. The SMILES string of the molecule is Cc1nnc2n1Nc1onc(-c3ccccc3Cl)c1S2. The predicted octanol–water partition coefficient (Wildman–Crippen LogP) is 3.23. The molecule has 0 bridgehead atoms. The minimum Gasteiger partial charge on any atom is -0.335 e. The van der Waals surface area contributed by atoms with Crippen LogP contribution in [0.1, 0.15) is 5.82 Å². The van der Waals surface area contributed by atoms with Gasteiger partial charge in [0.25, 0.3) is 5.88 Å². The lowest BCUT2D eigenvalue weighted by atomic mass is 10.1. The monoisotopic (exact) mass is 305 g/mol. The number of rotatable bonds is 1. The Bertz CT molecular complexity index is 812. The quantitative estimate of drug-likeness (QED) is 0.582. The lowest BCUT2D eigenvalue weighted by Gasteiger charge is -2.14. The summed E-state index contributed by atoms with van der Waals surface area (Å²) in [5, 5.41) is 13.6. The highest BCUT2D eigenvalue weighted by atomic mass is 35.5. The molecule has 1 N–H and O–H groups in total. The number of anilines is 1. The second kappa shape index (κ2) is 4.26. The van der Waals surface area contributed by atoms with E-state index in [0.29, 0.717) is 16.6 Å². The van der Waals surface area contributed by atoms with Crippen molar-refractivity contribution in [3.63, 3.8) is 0 Å². The second-order valence-corrected chi connectivity index (χ2v) is 5.63. The molecule has 1 aliphatic heterocycles. The number of aryl methyl sites for hydroxylation is 1. The van der Waals surface area contributed by atoms with Crippen molar-refractivity contribution in [2.75, 3.05) is 5.43 Å². The Morgan fingerprint density at radius 3 is 3.00 bits per heavy atom. The highest BCUT2D eigenvalue weighted by molar-refractivity contribution is 7.99. The average molecular weight is 306 g/mol. The number of benzene rings is 1. The summed E-state index contributed by atoms with van der Waals surface area (Å²) >= 11 is 7.67. The van der Waals surface area contributed by atoms with Crippen molar-refractivity contribution in [3.05, 3.63) is 35.1 Å². The van der Waals surface area contributed by atoms with E-state index in [9.17, 15) is 0 Å². The first-order valence-corrected chi connectivity index (χ1v) is 7.05. The van der Waals surface area contributed by atoms with Crippen molar-refractivity contribution in [2.45, 2.75) is 17.0 Å². The molecular formula is C12H8ClN5OS. The van der Waals surface area contributed by atoms with Crippen LogP contribution in [-0.2, 0) is 0 Å². The van der Waals surface area contributed by atoms with Gasteiger partial charge in [0.2, 0.25) is 5.16 Å². The first kappa shape index (κ1) is 11.8. The maximum Gasteiger partial charge on any atom is 0.258 e. The Balaban J connectivity index is 1.85. The van der Waals surface area contributed by atoms with Crippen LogP contribution in [0, 0.1) is 6.92 Å². The summed E-state index contributed by atoms with van der Waals surface area (Å²) in [6, 6.07) is 7.52. The molecule has 0 spiro atoms. The van der Waals surface area contributed by atoms with E-state index in [2.05, 4.69) is 20.8 Å². The van der Waals surface area contributed by atoms with Crippen LogP contribution < -0.4 is 5.43 Å². The van der Waals surface area contributed by atoms with E-state index >= 15 is 0 Å². The molecule has 100 valence electrons. The molecule has 8 heteroatoms. The van der Waals surface area contributed by atoms with Gasteiger partial charge in [0, 0.05) is 5.56 Å². The Labute approximate surface area is 123 Å². The van der Waals surface area contributed by atoms with Crippen molar-refractivity contribution in [1.82, 2.24) is 20.0 Å². The van der Waals surface area contributed by atoms with Gasteiger partial charge in [0.1, 0.15) is 16.4 Å². The third kappa shape index (κ3) is 1.63. The molecule has 4 rings (SSSR count). The molecule has 1 aromatic carbocycles. The molecule has 0 radical (unpaired) electrons. The highest BCUT2D eigenvalue weighted by Gasteiger charge is 2.28. The van der Waals surface area contributed by atoms with Gasteiger partial charge in [0.05, 0.1) is 5.02 Å². The van der Waals surface area contributed by atoms with E-state index in [0.717, 1.165) is 21.4 Å². The van der Waals surface area contributed by atoms with Gasteiger partial charge in [-0.25, -0.2) is 4.68 Å². The van der Waals surface area contributed by atoms with E-state index in [1.807, 2.05) is 31.2 Å². The second-order valence-electron chi connectivity index (χ2n) is 4.25. The van der Waals surface area contributed by atoms with Gasteiger partial charge in [-0.2, -0.15) is 0 Å². The van der Waals surface area contributed by atoms with E-state index < -0.39 is 0 Å². The van der Waals surface area contributed by atoms with Crippen LogP contribution in [0.3, 0.4) is 0 Å². The highest BCUT2D eigenvalue weighted by Crippen LogP contribution is 2.44. The van der Waals surface area contributed by atoms with Crippen LogP contribution in [0.15, 0.2) is 38.8 Å². The van der Waals surface area contributed by atoms with Crippen LogP contribution in [0.2, 0.25) is 5.02 Å². The summed E-state index contributed by atoms with van der Waals surface area (Å²) < 4.78 is 7.12. The Morgan fingerprint density at radius 1 is 1.30 bits per heavy atom. The fourth-order valence-electron chi connectivity index (χ4n) is 2.00. The summed E-state index contributed by atoms with van der Waals surface area (Å²) in [5.74, 6) is 1.33. The zero-order chi connectivity index (χ0) is 13.7. The van der Waals surface area contributed by atoms with Gasteiger partial charge in [-0.1, -0.05) is 35.0 Å². The molecule has 20 heavy (non-hydrogen) atoms. The summed E-state index contributed by atoms with van der Waals surface area (Å²) in [5.41, 5.74) is 4.63. The van der Waals surface area contributed by atoms with Gasteiger partial charge in [-0.3, -0.25) is 5.43 Å². The number of hydrogen-bond donors (Lipinski definition) is 1. The summed E-state index contributed by atoms with van der Waals surface area (Å²) in [6.45, 7) is 1.86. The van der Waals surface area contributed by atoms with Crippen LogP contribution in [0.5, 0.6) is 0 Å². The number of aromatic nitrogens is 4. The van der Waals surface area contributed by atoms with E-state index in [4.69, 9.17) is 16.1 Å². The van der Waals surface area contributed by atoms with E-state index in [-0.39, 0.29) is 0 Å². The summed E-state index contributed by atoms with van der Waals surface area (Å²) in [7, 11) is 0. The smallest absolute Gasteiger partial charge is 0.258 e. The molecular weight excluding hydrogens is 298 g/mol. The summed E-state index contributed by atoms with van der Waals surface area (Å²) in [6.07, 6.45) is 0. The van der Waals surface area contributed by atoms with Crippen LogP contribution >= 0.6 is 23.4 Å². The number of nitrogens with one attached hydrogen (secondary N) is 1. The zero-order valence-electron chi connectivity index (χ0n) is 10.3. The fraction of sp³-hybridized carbons (Fsp3) is 0.0833. The zero-order valence-corrected chi connectivity index (χ0v) is 11.9. The lowest BCUT2D eigenvalue weighted by Crippen LogP contribution is -2.15. The van der Waals surface area contributed by atoms with Crippen molar-refractivity contribution in [2.24, 2.45) is 0 Å². The maximum atomic E-state index is 6.22.